The van der Waals surface area contributed by atoms with Crippen molar-refractivity contribution in [3.05, 3.63) is 62.3 Å². The molecule has 7 heteroatoms. The second-order valence-electron chi connectivity index (χ2n) is 5.78. The van der Waals surface area contributed by atoms with Gasteiger partial charge in [-0.05, 0) is 37.6 Å². The van der Waals surface area contributed by atoms with E-state index >= 15 is 0 Å². The number of aromatic nitrogens is 3. The average Bonchev–Trinajstić information content (AvgIpc) is 3.21. The van der Waals surface area contributed by atoms with Gasteiger partial charge in [0, 0.05) is 16.9 Å². The molecule has 0 aliphatic carbocycles. The summed E-state index contributed by atoms with van der Waals surface area (Å²) in [6.07, 6.45) is 2.55. The Labute approximate surface area is 159 Å². The van der Waals surface area contributed by atoms with Crippen LogP contribution >= 0.6 is 27.3 Å². The molecule has 0 saturated carbocycles. The first-order chi connectivity index (χ1) is 12.0. The van der Waals surface area contributed by atoms with Crippen molar-refractivity contribution in [2.75, 3.05) is 7.05 Å². The number of hydrogen-bond acceptors (Lipinski definition) is 4. The molecule has 0 aliphatic heterocycles. The molecule has 2 aromatic heterocycles. The van der Waals surface area contributed by atoms with Crippen LogP contribution in [0.4, 0.5) is 0 Å². The number of aryl methyl sites for hydroxylation is 1. The highest BCUT2D eigenvalue weighted by atomic mass is 79.9. The summed E-state index contributed by atoms with van der Waals surface area (Å²) in [5.41, 5.74) is 3.29. The summed E-state index contributed by atoms with van der Waals surface area (Å²) < 4.78 is 2.79. The van der Waals surface area contributed by atoms with Crippen LogP contribution in [0.25, 0.3) is 5.69 Å². The Hall–Kier alpha value is -1.99. The smallest absolute Gasteiger partial charge is 0.257 e. The molecule has 25 heavy (non-hydrogen) atoms. The number of nitrogens with zero attached hydrogens (tertiary/aromatic N) is 4. The first kappa shape index (κ1) is 17.8. The highest BCUT2D eigenvalue weighted by Gasteiger charge is 2.19. The topological polar surface area (TPSA) is 51.0 Å². The Morgan fingerprint density at radius 2 is 2.04 bits per heavy atom. The van der Waals surface area contributed by atoms with Gasteiger partial charge >= 0.3 is 0 Å². The molecule has 2 heterocycles. The van der Waals surface area contributed by atoms with Crippen molar-refractivity contribution in [1.29, 1.82) is 0 Å². The van der Waals surface area contributed by atoms with Gasteiger partial charge in [-0.3, -0.25) is 4.79 Å². The number of rotatable bonds is 5. The Morgan fingerprint density at radius 1 is 1.32 bits per heavy atom. The van der Waals surface area contributed by atoms with E-state index in [1.165, 1.54) is 0 Å². The predicted octanol–water partition coefficient (Wildman–Crippen LogP) is 4.23. The fourth-order valence-electron chi connectivity index (χ4n) is 2.57. The van der Waals surface area contributed by atoms with Crippen LogP contribution in [0.2, 0.25) is 0 Å². The van der Waals surface area contributed by atoms with Gasteiger partial charge in [0.2, 0.25) is 0 Å². The van der Waals surface area contributed by atoms with Crippen molar-refractivity contribution >= 4 is 33.2 Å². The third-order valence-electron chi connectivity index (χ3n) is 3.96. The molecule has 0 N–H and O–H groups in total. The van der Waals surface area contributed by atoms with Crippen LogP contribution in [0.15, 0.2) is 40.3 Å². The van der Waals surface area contributed by atoms with Gasteiger partial charge < -0.3 is 4.90 Å². The fraction of sp³-hybridized carbons (Fsp3) is 0.278. The number of amides is 1. The fourth-order valence-corrected chi connectivity index (χ4v) is 3.57. The zero-order valence-corrected chi connectivity index (χ0v) is 16.8. The number of halogens is 1. The molecular weight excluding hydrogens is 400 g/mol. The highest BCUT2D eigenvalue weighted by molar-refractivity contribution is 9.10. The number of benzene rings is 1. The summed E-state index contributed by atoms with van der Waals surface area (Å²) >= 11 is 5.06. The monoisotopic (exact) mass is 418 g/mol. The molecular formula is C18H19BrN4OS. The van der Waals surface area contributed by atoms with Crippen molar-refractivity contribution in [3.63, 3.8) is 0 Å². The summed E-state index contributed by atoms with van der Waals surface area (Å²) in [5, 5.41) is 7.49. The van der Waals surface area contributed by atoms with E-state index in [-0.39, 0.29) is 5.91 Å². The molecule has 3 rings (SSSR count). The van der Waals surface area contributed by atoms with E-state index in [1.54, 1.807) is 34.2 Å². The van der Waals surface area contributed by atoms with E-state index in [0.717, 1.165) is 33.0 Å². The van der Waals surface area contributed by atoms with E-state index < -0.39 is 0 Å². The predicted molar refractivity (Wildman–Crippen MR) is 103 cm³/mol. The lowest BCUT2D eigenvalue weighted by Crippen LogP contribution is -2.26. The first-order valence-electron chi connectivity index (χ1n) is 7.99. The summed E-state index contributed by atoms with van der Waals surface area (Å²) in [5.74, 6) is -0.0492. The van der Waals surface area contributed by atoms with Crippen LogP contribution in [-0.4, -0.2) is 32.6 Å². The summed E-state index contributed by atoms with van der Waals surface area (Å²) in [6, 6.07) is 7.84. The molecule has 1 aromatic carbocycles. The minimum Gasteiger partial charge on any atom is -0.336 e. The molecule has 3 aromatic rings. The van der Waals surface area contributed by atoms with Crippen molar-refractivity contribution in [3.8, 4) is 5.69 Å². The first-order valence-corrected chi connectivity index (χ1v) is 9.66. The van der Waals surface area contributed by atoms with Crippen LogP contribution in [-0.2, 0) is 13.0 Å². The lowest BCUT2D eigenvalue weighted by molar-refractivity contribution is 0.0783. The summed E-state index contributed by atoms with van der Waals surface area (Å²) in [6.45, 7) is 4.49. The quantitative estimate of drug-likeness (QED) is 0.622. The minimum absolute atomic E-state index is 0.0492. The molecule has 0 fully saturated rings. The lowest BCUT2D eigenvalue weighted by atomic mass is 10.2. The molecule has 0 spiro atoms. The Morgan fingerprint density at radius 3 is 2.68 bits per heavy atom. The van der Waals surface area contributed by atoms with E-state index in [1.807, 2.05) is 36.6 Å². The van der Waals surface area contributed by atoms with Gasteiger partial charge in [-0.2, -0.15) is 5.10 Å². The molecule has 0 radical (unpaired) electrons. The molecule has 130 valence electrons. The third-order valence-corrected chi connectivity index (χ3v) is 5.53. The number of thiazole rings is 1. The van der Waals surface area contributed by atoms with Gasteiger partial charge in [-0.15, -0.1) is 11.3 Å². The van der Waals surface area contributed by atoms with Crippen LogP contribution in [0.1, 0.15) is 33.7 Å². The SMILES string of the molecule is CCc1nc(CN(C)C(=O)c2cnn(-c3ccc(Br)cc3)c2C)cs1. The molecule has 0 bridgehead atoms. The van der Waals surface area contributed by atoms with E-state index in [2.05, 4.69) is 32.9 Å². The summed E-state index contributed by atoms with van der Waals surface area (Å²) in [4.78, 5) is 19.0. The van der Waals surface area contributed by atoms with Gasteiger partial charge in [0.25, 0.3) is 5.91 Å². The van der Waals surface area contributed by atoms with Crippen molar-refractivity contribution < 1.29 is 4.79 Å². The van der Waals surface area contributed by atoms with Gasteiger partial charge in [0.15, 0.2) is 0 Å². The van der Waals surface area contributed by atoms with Gasteiger partial charge in [0.1, 0.15) is 0 Å². The van der Waals surface area contributed by atoms with Crippen LogP contribution < -0.4 is 0 Å². The normalized spacial score (nSPS) is 10.9. The maximum atomic E-state index is 12.8. The second-order valence-corrected chi connectivity index (χ2v) is 7.64. The third kappa shape index (κ3) is 3.82. The second kappa shape index (κ2) is 7.49. The zero-order valence-electron chi connectivity index (χ0n) is 14.4. The molecule has 0 unspecified atom stereocenters. The van der Waals surface area contributed by atoms with Crippen molar-refractivity contribution in [2.24, 2.45) is 0 Å². The molecule has 5 nitrogen and oxygen atoms in total. The van der Waals surface area contributed by atoms with Crippen LogP contribution in [0.5, 0.6) is 0 Å². The number of hydrogen-bond donors (Lipinski definition) is 0. The molecule has 0 saturated heterocycles. The van der Waals surface area contributed by atoms with Crippen LogP contribution in [0, 0.1) is 6.92 Å². The molecule has 0 atom stereocenters. The van der Waals surface area contributed by atoms with Crippen LogP contribution in [0.3, 0.4) is 0 Å². The number of carbonyl (C=O) groups excluding carboxylic acids is 1. The van der Waals surface area contributed by atoms with Gasteiger partial charge in [-0.25, -0.2) is 9.67 Å². The molecule has 0 aliphatic rings. The minimum atomic E-state index is -0.0492. The van der Waals surface area contributed by atoms with Gasteiger partial charge in [0.05, 0.1) is 40.4 Å². The Bertz CT molecular complexity index is 885. The number of carbonyl (C=O) groups is 1. The van der Waals surface area contributed by atoms with E-state index in [0.29, 0.717) is 12.1 Å². The Balaban J connectivity index is 1.79. The average molecular weight is 419 g/mol. The standard InChI is InChI=1S/C18H19BrN4OS/c1-4-17-21-14(11-25-17)10-22(3)18(24)16-9-20-23(12(16)2)15-7-5-13(19)6-8-15/h5-9,11H,4,10H2,1-3H3. The zero-order chi connectivity index (χ0) is 18.0. The maximum absolute atomic E-state index is 12.8. The highest BCUT2D eigenvalue weighted by Crippen LogP contribution is 2.19. The van der Waals surface area contributed by atoms with E-state index in [9.17, 15) is 4.79 Å². The maximum Gasteiger partial charge on any atom is 0.257 e. The van der Waals surface area contributed by atoms with Gasteiger partial charge in [-0.1, -0.05) is 22.9 Å². The lowest BCUT2D eigenvalue weighted by Gasteiger charge is -2.15. The summed E-state index contributed by atoms with van der Waals surface area (Å²) in [7, 11) is 1.80. The largest absolute Gasteiger partial charge is 0.336 e. The van der Waals surface area contributed by atoms with Crippen molar-refractivity contribution in [2.45, 2.75) is 26.8 Å². The van der Waals surface area contributed by atoms with E-state index in [4.69, 9.17) is 0 Å². The Kier molecular flexibility index (Phi) is 5.34. The van der Waals surface area contributed by atoms with Crippen molar-refractivity contribution in [1.82, 2.24) is 19.7 Å². The molecule has 1 amide bonds.